The van der Waals surface area contributed by atoms with Crippen molar-refractivity contribution in [1.29, 1.82) is 0 Å². The molecule has 0 bridgehead atoms. The smallest absolute Gasteiger partial charge is 0.269 e. The van der Waals surface area contributed by atoms with E-state index in [0.717, 1.165) is 19.3 Å². The van der Waals surface area contributed by atoms with Gasteiger partial charge in [-0.25, -0.2) is 0 Å². The molecule has 0 heterocycles. The van der Waals surface area contributed by atoms with Gasteiger partial charge in [0, 0.05) is 24.2 Å². The molecule has 1 aromatic carbocycles. The number of nitrogens with zero attached hydrogens (tertiary/aromatic N) is 1. The summed E-state index contributed by atoms with van der Waals surface area (Å²) in [6.07, 6.45) is 4.02. The minimum atomic E-state index is -0.621. The molecular formula is C14H20N2O3. The predicted molar refractivity (Wildman–Crippen MR) is 72.9 cm³/mol. The van der Waals surface area contributed by atoms with Gasteiger partial charge in [-0.15, -0.1) is 0 Å². The molecule has 0 amide bonds. The minimum absolute atomic E-state index is 0.0490. The van der Waals surface area contributed by atoms with E-state index in [2.05, 4.69) is 12.2 Å². The van der Waals surface area contributed by atoms with Crippen LogP contribution in [-0.2, 0) is 0 Å². The third-order valence-corrected chi connectivity index (χ3v) is 4.15. The molecule has 5 nitrogen and oxygen atoms in total. The Kier molecular flexibility index (Phi) is 4.17. The molecule has 1 aromatic rings. The summed E-state index contributed by atoms with van der Waals surface area (Å²) in [4.78, 5) is 10.1. The van der Waals surface area contributed by atoms with E-state index in [0.29, 0.717) is 12.1 Å². The first kappa shape index (κ1) is 14.0. The zero-order chi connectivity index (χ0) is 13.9. The molecule has 1 aliphatic carbocycles. The monoisotopic (exact) mass is 264 g/mol. The molecule has 1 saturated carbocycles. The van der Waals surface area contributed by atoms with E-state index in [1.807, 2.05) is 0 Å². The maximum absolute atomic E-state index is 10.6. The van der Waals surface area contributed by atoms with Crippen molar-refractivity contribution in [2.75, 3.05) is 6.54 Å². The fourth-order valence-electron chi connectivity index (χ4n) is 2.51. The number of hydrogen-bond donors (Lipinski definition) is 2. The number of aliphatic hydroxyl groups is 1. The van der Waals surface area contributed by atoms with E-state index in [4.69, 9.17) is 0 Å². The van der Waals surface area contributed by atoms with E-state index in [9.17, 15) is 15.2 Å². The van der Waals surface area contributed by atoms with Crippen LogP contribution in [0.1, 0.15) is 44.3 Å². The number of nitro groups is 1. The summed E-state index contributed by atoms with van der Waals surface area (Å²) >= 11 is 0. The highest BCUT2D eigenvalue weighted by Crippen LogP contribution is 2.34. The van der Waals surface area contributed by atoms with Crippen LogP contribution in [-0.4, -0.2) is 22.1 Å². The predicted octanol–water partition coefficient (Wildman–Crippen LogP) is 2.55. The number of aliphatic hydroxyl groups excluding tert-OH is 1. The Morgan fingerprint density at radius 3 is 2.47 bits per heavy atom. The molecule has 19 heavy (non-hydrogen) atoms. The lowest BCUT2D eigenvalue weighted by Gasteiger charge is -2.42. The zero-order valence-electron chi connectivity index (χ0n) is 11.1. The Morgan fingerprint density at radius 1 is 1.42 bits per heavy atom. The number of hydrogen-bond acceptors (Lipinski definition) is 4. The van der Waals surface area contributed by atoms with Gasteiger partial charge < -0.3 is 10.4 Å². The first-order chi connectivity index (χ1) is 9.06. The van der Waals surface area contributed by atoms with E-state index in [1.165, 1.54) is 18.6 Å². The molecule has 0 saturated heterocycles. The Morgan fingerprint density at radius 2 is 2.05 bits per heavy atom. The van der Waals surface area contributed by atoms with Crippen LogP contribution in [0.25, 0.3) is 0 Å². The maximum atomic E-state index is 10.6. The normalized spacial score (nSPS) is 18.6. The van der Waals surface area contributed by atoms with Crippen LogP contribution in [0.2, 0.25) is 0 Å². The molecule has 1 fully saturated rings. The summed E-state index contributed by atoms with van der Waals surface area (Å²) in [5.74, 6) is 0. The van der Waals surface area contributed by atoms with Gasteiger partial charge in [-0.1, -0.05) is 6.92 Å². The van der Waals surface area contributed by atoms with Crippen molar-refractivity contribution in [3.63, 3.8) is 0 Å². The Labute approximate surface area is 112 Å². The van der Waals surface area contributed by atoms with Gasteiger partial charge in [-0.2, -0.15) is 0 Å². The van der Waals surface area contributed by atoms with Crippen LogP contribution in [0.15, 0.2) is 24.3 Å². The second kappa shape index (κ2) is 5.67. The summed E-state index contributed by atoms with van der Waals surface area (Å²) in [5.41, 5.74) is 0.957. The number of rotatable bonds is 6. The number of non-ortho nitro benzene ring substituents is 1. The molecule has 5 heteroatoms. The van der Waals surface area contributed by atoms with Crippen LogP contribution in [0.5, 0.6) is 0 Å². The van der Waals surface area contributed by atoms with E-state index in [-0.39, 0.29) is 11.2 Å². The van der Waals surface area contributed by atoms with Crippen molar-refractivity contribution in [1.82, 2.24) is 5.32 Å². The van der Waals surface area contributed by atoms with Crippen molar-refractivity contribution < 1.29 is 10.0 Å². The first-order valence-electron chi connectivity index (χ1n) is 6.74. The van der Waals surface area contributed by atoms with Crippen LogP contribution in [0, 0.1) is 10.1 Å². The number of benzene rings is 1. The summed E-state index contributed by atoms with van der Waals surface area (Å²) in [7, 11) is 0. The molecule has 2 N–H and O–H groups in total. The van der Waals surface area contributed by atoms with Gasteiger partial charge in [0.05, 0.1) is 11.0 Å². The van der Waals surface area contributed by atoms with Gasteiger partial charge in [-0.05, 0) is 43.4 Å². The molecule has 1 unspecified atom stereocenters. The Hall–Kier alpha value is -1.46. The van der Waals surface area contributed by atoms with Crippen LogP contribution >= 0.6 is 0 Å². The molecular weight excluding hydrogens is 244 g/mol. The highest BCUT2D eigenvalue weighted by atomic mass is 16.6. The fourth-order valence-corrected chi connectivity index (χ4v) is 2.51. The molecule has 0 aliphatic heterocycles. The number of β-amino-alcohol motifs (C(OH)–C–C–N with tert-alkyl or cyclic N) is 1. The van der Waals surface area contributed by atoms with E-state index in [1.54, 1.807) is 12.1 Å². The number of nitro benzene ring substituents is 1. The maximum Gasteiger partial charge on any atom is 0.269 e. The second-order valence-electron chi connectivity index (χ2n) is 5.23. The van der Waals surface area contributed by atoms with Crippen LogP contribution in [0.4, 0.5) is 5.69 Å². The third-order valence-electron chi connectivity index (χ3n) is 4.15. The van der Waals surface area contributed by atoms with Crippen molar-refractivity contribution in [2.45, 2.75) is 44.2 Å². The lowest BCUT2D eigenvalue weighted by atomic mass is 9.75. The lowest BCUT2D eigenvalue weighted by Crippen LogP contribution is -2.51. The highest BCUT2D eigenvalue weighted by Gasteiger charge is 2.34. The SMILES string of the molecule is CCC1(NCC(O)c2ccc([N+](=O)[O-])cc2)CCC1. The molecule has 104 valence electrons. The van der Waals surface area contributed by atoms with Crippen molar-refractivity contribution in [3.05, 3.63) is 39.9 Å². The largest absolute Gasteiger partial charge is 0.387 e. The van der Waals surface area contributed by atoms with Crippen LogP contribution < -0.4 is 5.32 Å². The molecule has 1 aliphatic rings. The quantitative estimate of drug-likeness (QED) is 0.611. The second-order valence-corrected chi connectivity index (χ2v) is 5.23. The summed E-state index contributed by atoms with van der Waals surface area (Å²) in [6, 6.07) is 6.09. The molecule has 0 radical (unpaired) electrons. The highest BCUT2D eigenvalue weighted by molar-refractivity contribution is 5.33. The third kappa shape index (κ3) is 3.11. The van der Waals surface area contributed by atoms with Gasteiger partial charge in [0.25, 0.3) is 5.69 Å². The molecule has 1 atom stereocenters. The van der Waals surface area contributed by atoms with Gasteiger partial charge >= 0.3 is 0 Å². The summed E-state index contributed by atoms with van der Waals surface area (Å²) in [6.45, 7) is 2.65. The standard InChI is InChI=1S/C14H20N2O3/c1-2-14(8-3-9-14)15-10-13(17)11-4-6-12(7-5-11)16(18)19/h4-7,13,15,17H,2-3,8-10H2,1H3. The average molecular weight is 264 g/mol. The summed E-state index contributed by atoms with van der Waals surface area (Å²) < 4.78 is 0. The van der Waals surface area contributed by atoms with Gasteiger partial charge in [0.2, 0.25) is 0 Å². The Bertz CT molecular complexity index is 435. The van der Waals surface area contributed by atoms with Gasteiger partial charge in [0.15, 0.2) is 0 Å². The zero-order valence-corrected chi connectivity index (χ0v) is 11.1. The first-order valence-corrected chi connectivity index (χ1v) is 6.74. The molecule has 0 aromatic heterocycles. The lowest BCUT2D eigenvalue weighted by molar-refractivity contribution is -0.384. The topological polar surface area (TPSA) is 75.4 Å². The molecule has 2 rings (SSSR count). The Balaban J connectivity index is 1.92. The fraction of sp³-hybridized carbons (Fsp3) is 0.571. The van der Waals surface area contributed by atoms with Gasteiger partial charge in [0.1, 0.15) is 0 Å². The van der Waals surface area contributed by atoms with Crippen molar-refractivity contribution in [3.8, 4) is 0 Å². The van der Waals surface area contributed by atoms with Gasteiger partial charge in [-0.3, -0.25) is 10.1 Å². The molecule has 0 spiro atoms. The average Bonchev–Trinajstić information content (AvgIpc) is 2.38. The van der Waals surface area contributed by atoms with E-state index >= 15 is 0 Å². The summed E-state index contributed by atoms with van der Waals surface area (Å²) in [5, 5.41) is 24.1. The minimum Gasteiger partial charge on any atom is -0.387 e. The van der Waals surface area contributed by atoms with Crippen molar-refractivity contribution in [2.24, 2.45) is 0 Å². The van der Waals surface area contributed by atoms with E-state index < -0.39 is 11.0 Å². The number of nitrogens with one attached hydrogen (secondary N) is 1. The van der Waals surface area contributed by atoms with Crippen LogP contribution in [0.3, 0.4) is 0 Å². The van der Waals surface area contributed by atoms with Crippen molar-refractivity contribution >= 4 is 5.69 Å².